The normalized spacial score (nSPS) is 13.6. The smallest absolute Gasteiger partial charge is 0.410 e. The predicted octanol–water partition coefficient (Wildman–Crippen LogP) is 14.4. The number of hydrogen-bond donors (Lipinski definition) is 1. The van der Waals surface area contributed by atoms with E-state index in [0.29, 0.717) is 210 Å². The molecule has 0 atom stereocenters. The highest BCUT2D eigenvalue weighted by molar-refractivity contribution is 6.40. The van der Waals surface area contributed by atoms with Crippen LogP contribution in [0.25, 0.3) is 78.6 Å². The summed E-state index contributed by atoms with van der Waals surface area (Å²) in [5, 5.41) is 19.7. The van der Waals surface area contributed by atoms with E-state index in [-0.39, 0.29) is 49.4 Å². The first-order valence-corrected chi connectivity index (χ1v) is 37.1. The fourth-order valence-corrected chi connectivity index (χ4v) is 14.5. The average molecular weight is 1580 g/mol. The molecule has 27 nitrogen and oxygen atoms in total. The van der Waals surface area contributed by atoms with Gasteiger partial charge in [-0.15, -0.1) is 10.2 Å². The molecule has 1 N–H and O–H groups in total. The van der Waals surface area contributed by atoms with Crippen LogP contribution in [0.1, 0.15) is 109 Å². The largest absolute Gasteiger partial charge is 0.493 e. The SMILES string of the molecule is COc1nc(-c2cccc(-c3ccnc(-c4cc(OC)c5nc(C=O)nn5c4)c3Cl)c2Cl)ccc1CN(C(=O)OC(C)(C)C)C1CCN(C(C)=O)CC1.COc1nc(-c2cccc(-c3ccnc(-c4cc(OC)c5nc(CN(C)CCO)nn5c4)c3Cl)c2Cl)ccc1CN(C(=O)OC(C)(C)C)C1CCN(C(C)=O)CC1. The maximum atomic E-state index is 13.6. The molecule has 0 unspecified atom stereocenters. The fraction of sp³-hybridized carbons (Fsp3) is 0.380. The third kappa shape index (κ3) is 18.4. The maximum absolute atomic E-state index is 13.6. The number of pyridine rings is 6. The van der Waals surface area contributed by atoms with Crippen LogP contribution in [0.5, 0.6) is 23.3 Å². The molecule has 0 bridgehead atoms. The van der Waals surface area contributed by atoms with Gasteiger partial charge in [-0.25, -0.2) is 38.6 Å². The molecule has 2 fully saturated rings. The topological polar surface area (TPSA) is 289 Å². The number of likely N-dealkylation sites (N-methyl/N-ethyl adjacent to an activating group) is 1. The Morgan fingerprint density at radius 3 is 1.34 bits per heavy atom. The van der Waals surface area contributed by atoms with Gasteiger partial charge in [-0.05, 0) is 123 Å². The first kappa shape index (κ1) is 80.7. The Hall–Kier alpha value is -10.3. The number of fused-ring (bicyclic) bond motifs is 2. The molecule has 2 saturated heterocycles. The van der Waals surface area contributed by atoms with Gasteiger partial charge < -0.3 is 53.1 Å². The van der Waals surface area contributed by atoms with Crippen molar-refractivity contribution in [1.29, 1.82) is 0 Å². The van der Waals surface area contributed by atoms with E-state index in [1.165, 1.54) is 25.8 Å². The number of hydrogen-bond acceptors (Lipinski definition) is 21. The van der Waals surface area contributed by atoms with E-state index in [4.69, 9.17) is 84.8 Å². The zero-order valence-corrected chi connectivity index (χ0v) is 66.5. The Bertz CT molecular complexity index is 5070. The van der Waals surface area contributed by atoms with Crippen molar-refractivity contribution in [1.82, 2.24) is 73.6 Å². The number of ether oxygens (including phenoxy) is 6. The van der Waals surface area contributed by atoms with Gasteiger partial charge >= 0.3 is 12.2 Å². The van der Waals surface area contributed by atoms with E-state index in [1.807, 2.05) is 120 Å². The van der Waals surface area contributed by atoms with Crippen molar-refractivity contribution in [3.63, 3.8) is 0 Å². The molecule has 578 valence electrons. The van der Waals surface area contributed by atoms with Crippen molar-refractivity contribution in [3.8, 4) is 90.5 Å². The van der Waals surface area contributed by atoms with Crippen LogP contribution in [0.2, 0.25) is 20.1 Å². The molecule has 0 aliphatic carbocycles. The summed E-state index contributed by atoms with van der Waals surface area (Å²) in [6.07, 6.45) is 8.95. The van der Waals surface area contributed by atoms with Crippen LogP contribution < -0.4 is 18.9 Å². The molecule has 2 aliphatic rings. The van der Waals surface area contributed by atoms with E-state index in [0.717, 1.165) is 0 Å². The molecule has 2 aliphatic heterocycles. The molecule has 4 amide bonds. The van der Waals surface area contributed by atoms with Crippen molar-refractivity contribution in [2.24, 2.45) is 0 Å². The van der Waals surface area contributed by atoms with E-state index in [2.05, 4.69) is 30.1 Å². The van der Waals surface area contributed by atoms with Crippen LogP contribution in [0.4, 0.5) is 9.59 Å². The number of methoxy groups -OCH3 is 4. The van der Waals surface area contributed by atoms with Crippen LogP contribution in [-0.2, 0) is 38.7 Å². The van der Waals surface area contributed by atoms with Crippen molar-refractivity contribution in [2.75, 3.05) is 74.8 Å². The molecule has 0 radical (unpaired) electrons. The number of nitrogens with zero attached hydrogens (tertiary/aromatic N) is 15. The molecule has 12 rings (SSSR count). The van der Waals surface area contributed by atoms with Gasteiger partial charge in [0.25, 0.3) is 0 Å². The zero-order valence-electron chi connectivity index (χ0n) is 63.5. The van der Waals surface area contributed by atoms with Gasteiger partial charge in [-0.2, -0.15) is 0 Å². The number of halogens is 4. The summed E-state index contributed by atoms with van der Waals surface area (Å²) in [7, 11) is 8.01. The van der Waals surface area contributed by atoms with Crippen LogP contribution >= 0.6 is 46.4 Å². The summed E-state index contributed by atoms with van der Waals surface area (Å²) < 4.78 is 37.5. The summed E-state index contributed by atoms with van der Waals surface area (Å²) >= 11 is 28.5. The fourth-order valence-electron chi connectivity index (χ4n) is 13.2. The highest BCUT2D eigenvalue weighted by atomic mass is 35.5. The number of amides is 4. The molecule has 0 saturated carbocycles. The van der Waals surface area contributed by atoms with Gasteiger partial charge in [0.05, 0.1) is 97.5 Å². The molecule has 8 aromatic heterocycles. The number of aromatic nitrogens is 10. The first-order chi connectivity index (χ1) is 52.5. The van der Waals surface area contributed by atoms with Gasteiger partial charge in [0, 0.05) is 139 Å². The molecule has 31 heteroatoms. The van der Waals surface area contributed by atoms with Crippen molar-refractivity contribution in [2.45, 2.75) is 124 Å². The molecule has 10 aromatic rings. The molecule has 10 heterocycles. The predicted molar refractivity (Wildman–Crippen MR) is 419 cm³/mol. The second-order valence-electron chi connectivity index (χ2n) is 28.5. The second-order valence-corrected chi connectivity index (χ2v) is 30.0. The number of aliphatic hydroxyl groups excluding tert-OH is 1. The van der Waals surface area contributed by atoms with E-state index < -0.39 is 23.4 Å². The number of rotatable bonds is 21. The average Bonchev–Trinajstić information content (AvgIpc) is 1.29. The van der Waals surface area contributed by atoms with Gasteiger partial charge in [0.15, 0.2) is 34.9 Å². The molecular formula is C79H87Cl4N15O12. The number of carbonyl (C=O) groups excluding carboxylic acids is 5. The van der Waals surface area contributed by atoms with Crippen LogP contribution in [0.15, 0.2) is 110 Å². The van der Waals surface area contributed by atoms with Crippen molar-refractivity contribution < 1.29 is 57.5 Å². The minimum Gasteiger partial charge on any atom is -0.493 e. The summed E-state index contributed by atoms with van der Waals surface area (Å²) in [4.78, 5) is 99.0. The standard InChI is InChI=1S/C41H48Cl2N8O6.C38H39Cl2N7O6/c1-25(53)49-17-14-28(15-18-49)50(40(54)57-41(2,3)4)22-26-11-12-32(45-39(26)56-7)31-10-8-9-29(35(31)42)30-13-16-44-37(36(30)43)27-21-33(55-6)38-46-34(47-51(38)23-27)24-48(5)19-20-52;1-22(49)45-16-13-25(14-17-45)46(37(50)53-38(2,3)4)19-23-10-11-29(42-36(23)52-6)28-9-7-8-26(32(28)39)27-12-15-41-34(33(27)40)24-18-30(51-5)35-43-31(21-48)44-47(35)20-24/h8-13,16,21,23,28,52H,14-15,17-20,22,24H2,1-7H3;7-12,15,18,20-21,25H,13-14,16-17,19H2,1-6H3. The highest BCUT2D eigenvalue weighted by Gasteiger charge is 2.36. The molecule has 110 heavy (non-hydrogen) atoms. The van der Waals surface area contributed by atoms with Crippen molar-refractivity contribution in [3.05, 3.63) is 153 Å². The lowest BCUT2D eigenvalue weighted by Gasteiger charge is -2.39. The third-order valence-electron chi connectivity index (χ3n) is 18.7. The Morgan fingerprint density at radius 1 is 0.536 bits per heavy atom. The van der Waals surface area contributed by atoms with Gasteiger partial charge in [0.1, 0.15) is 11.2 Å². The van der Waals surface area contributed by atoms with E-state index in [9.17, 15) is 29.1 Å². The van der Waals surface area contributed by atoms with Crippen LogP contribution in [0, 0.1) is 0 Å². The van der Waals surface area contributed by atoms with E-state index >= 15 is 0 Å². The van der Waals surface area contributed by atoms with Crippen LogP contribution in [0.3, 0.4) is 0 Å². The number of piperidine rings is 2. The minimum absolute atomic E-state index is 0.0157. The number of carbonyl (C=O) groups is 5. The first-order valence-electron chi connectivity index (χ1n) is 35.6. The number of aliphatic hydroxyl groups is 1. The number of aldehydes is 1. The Kier molecular flexibility index (Phi) is 25.5. The lowest BCUT2D eigenvalue weighted by atomic mass is 9.99. The Morgan fingerprint density at radius 2 is 0.945 bits per heavy atom. The summed E-state index contributed by atoms with van der Waals surface area (Å²) in [6.45, 7) is 17.7. The maximum Gasteiger partial charge on any atom is 0.410 e. The zero-order chi connectivity index (χ0) is 79.0. The van der Waals surface area contributed by atoms with Gasteiger partial charge in [-0.1, -0.05) is 82.8 Å². The monoisotopic (exact) mass is 1580 g/mol. The molecule has 0 spiro atoms. The summed E-state index contributed by atoms with van der Waals surface area (Å²) in [6, 6.07) is 25.5. The Balaban J connectivity index is 0.000000219. The molecular weight excluding hydrogens is 1490 g/mol. The van der Waals surface area contributed by atoms with E-state index in [1.54, 1.807) is 88.1 Å². The van der Waals surface area contributed by atoms with Gasteiger partial charge in [-0.3, -0.25) is 29.3 Å². The number of benzene rings is 2. The van der Waals surface area contributed by atoms with Gasteiger partial charge in [0.2, 0.25) is 29.4 Å². The van der Waals surface area contributed by atoms with Crippen molar-refractivity contribution >= 4 is 88.0 Å². The van der Waals surface area contributed by atoms with Crippen LogP contribution in [-0.4, -0.2) is 207 Å². The third-order valence-corrected chi connectivity index (χ3v) is 20.2. The number of likely N-dealkylation sites (tertiary alicyclic amines) is 2. The quantitative estimate of drug-likeness (QED) is 0.0654. The second kappa shape index (κ2) is 34.7. The summed E-state index contributed by atoms with van der Waals surface area (Å²) in [5.74, 6) is 2.19. The Labute approximate surface area is 657 Å². The summed E-state index contributed by atoms with van der Waals surface area (Å²) in [5.41, 5.74) is 8.09. The lowest BCUT2D eigenvalue weighted by Crippen LogP contribution is -2.49. The minimum atomic E-state index is -0.694. The highest BCUT2D eigenvalue weighted by Crippen LogP contribution is 2.45. The molecule has 2 aromatic carbocycles. The lowest BCUT2D eigenvalue weighted by molar-refractivity contribution is -0.131.